The maximum Gasteiger partial charge on any atom is 0.251 e. The van der Waals surface area contributed by atoms with E-state index in [1.54, 1.807) is 24.3 Å². The first-order valence-electron chi connectivity index (χ1n) is 6.07. The van der Waals surface area contributed by atoms with E-state index >= 15 is 0 Å². The van der Waals surface area contributed by atoms with Crippen molar-refractivity contribution in [3.05, 3.63) is 65.7 Å². The fourth-order valence-corrected chi connectivity index (χ4v) is 1.64. The van der Waals surface area contributed by atoms with Gasteiger partial charge in [-0.15, -0.1) is 0 Å². The van der Waals surface area contributed by atoms with E-state index in [9.17, 15) is 13.6 Å². The van der Waals surface area contributed by atoms with Gasteiger partial charge in [0.1, 0.15) is 24.0 Å². The molecule has 0 saturated carbocycles. The number of nitrogens with one attached hydrogen (secondary N) is 1. The molecule has 104 valence electrons. The van der Waals surface area contributed by atoms with Crippen molar-refractivity contribution in [1.82, 2.24) is 5.32 Å². The first-order chi connectivity index (χ1) is 9.65. The smallest absolute Gasteiger partial charge is 0.251 e. The average Bonchev–Trinajstić information content (AvgIpc) is 2.43. The summed E-state index contributed by atoms with van der Waals surface area (Å²) >= 11 is 0. The van der Waals surface area contributed by atoms with Crippen LogP contribution in [0.15, 0.2) is 48.5 Å². The molecule has 0 heterocycles. The zero-order valence-corrected chi connectivity index (χ0v) is 10.6. The van der Waals surface area contributed by atoms with Crippen LogP contribution in [-0.4, -0.2) is 19.1 Å². The molecule has 5 heteroatoms. The molecule has 1 amide bonds. The minimum atomic E-state index is -0.701. The summed E-state index contributed by atoms with van der Waals surface area (Å²) in [7, 11) is 0. The minimum absolute atomic E-state index is 0.0939. The van der Waals surface area contributed by atoms with E-state index < -0.39 is 11.6 Å². The van der Waals surface area contributed by atoms with Crippen LogP contribution in [0.5, 0.6) is 5.75 Å². The highest BCUT2D eigenvalue weighted by Crippen LogP contribution is 2.14. The van der Waals surface area contributed by atoms with E-state index in [4.69, 9.17) is 4.74 Å². The Kier molecular flexibility index (Phi) is 4.65. The largest absolute Gasteiger partial charge is 0.492 e. The number of rotatable bonds is 5. The van der Waals surface area contributed by atoms with Crippen LogP contribution in [0.2, 0.25) is 0 Å². The van der Waals surface area contributed by atoms with Crippen molar-refractivity contribution < 1.29 is 18.3 Å². The summed E-state index contributed by atoms with van der Waals surface area (Å²) in [4.78, 5) is 11.7. The molecule has 0 aliphatic carbocycles. The Hall–Kier alpha value is -2.43. The van der Waals surface area contributed by atoms with Crippen molar-refractivity contribution in [1.29, 1.82) is 0 Å². The van der Waals surface area contributed by atoms with Crippen LogP contribution in [0.4, 0.5) is 8.78 Å². The van der Waals surface area contributed by atoms with Crippen molar-refractivity contribution in [3.63, 3.8) is 0 Å². The van der Waals surface area contributed by atoms with Crippen LogP contribution < -0.4 is 10.1 Å². The van der Waals surface area contributed by atoms with E-state index in [1.807, 2.05) is 6.07 Å². The Labute approximate surface area is 115 Å². The minimum Gasteiger partial charge on any atom is -0.492 e. The van der Waals surface area contributed by atoms with Crippen molar-refractivity contribution >= 4 is 5.91 Å². The number of halogens is 2. The standard InChI is InChI=1S/C15H13F2NO2/c16-12-8-13(17)10-14(9-12)20-7-6-18-15(19)11-4-2-1-3-5-11/h1-5,8-10H,6-7H2,(H,18,19). The van der Waals surface area contributed by atoms with Crippen molar-refractivity contribution in [3.8, 4) is 5.75 Å². The number of hydrogen-bond acceptors (Lipinski definition) is 2. The highest BCUT2D eigenvalue weighted by Gasteiger charge is 2.04. The number of benzene rings is 2. The average molecular weight is 277 g/mol. The number of carbonyl (C=O) groups is 1. The molecule has 3 nitrogen and oxygen atoms in total. The van der Waals surface area contributed by atoms with Crippen LogP contribution in [0, 0.1) is 11.6 Å². The van der Waals surface area contributed by atoms with Gasteiger partial charge in [0.25, 0.3) is 5.91 Å². The molecular weight excluding hydrogens is 264 g/mol. The van der Waals surface area contributed by atoms with E-state index in [-0.39, 0.29) is 24.8 Å². The SMILES string of the molecule is O=C(NCCOc1cc(F)cc(F)c1)c1ccccc1. The topological polar surface area (TPSA) is 38.3 Å². The maximum atomic E-state index is 12.9. The lowest BCUT2D eigenvalue weighted by Crippen LogP contribution is -2.28. The quantitative estimate of drug-likeness (QED) is 0.853. The Morgan fingerprint density at radius 2 is 1.70 bits per heavy atom. The number of carbonyl (C=O) groups excluding carboxylic acids is 1. The van der Waals surface area contributed by atoms with Crippen molar-refractivity contribution in [2.75, 3.05) is 13.2 Å². The van der Waals surface area contributed by atoms with E-state index in [0.717, 1.165) is 18.2 Å². The normalized spacial score (nSPS) is 10.1. The third kappa shape index (κ3) is 4.05. The summed E-state index contributed by atoms with van der Waals surface area (Å²) in [6.45, 7) is 0.368. The van der Waals surface area contributed by atoms with Crippen molar-refractivity contribution in [2.24, 2.45) is 0 Å². The van der Waals surface area contributed by atoms with Crippen LogP contribution in [0.1, 0.15) is 10.4 Å². The number of hydrogen-bond donors (Lipinski definition) is 1. The van der Waals surface area contributed by atoms with Crippen LogP contribution in [-0.2, 0) is 0 Å². The number of amides is 1. The predicted molar refractivity (Wildman–Crippen MR) is 70.6 cm³/mol. The van der Waals surface area contributed by atoms with Gasteiger partial charge in [0.15, 0.2) is 0 Å². The summed E-state index contributed by atoms with van der Waals surface area (Å²) in [5, 5.41) is 2.65. The Morgan fingerprint density at radius 3 is 2.35 bits per heavy atom. The molecule has 0 aliphatic heterocycles. The van der Waals surface area contributed by atoms with Gasteiger partial charge in [0.2, 0.25) is 0 Å². The highest BCUT2D eigenvalue weighted by molar-refractivity contribution is 5.94. The monoisotopic (exact) mass is 277 g/mol. The Morgan fingerprint density at radius 1 is 1.05 bits per heavy atom. The lowest BCUT2D eigenvalue weighted by atomic mass is 10.2. The van der Waals surface area contributed by atoms with Gasteiger partial charge in [-0.25, -0.2) is 8.78 Å². The molecule has 2 aromatic carbocycles. The fraction of sp³-hybridized carbons (Fsp3) is 0.133. The fourth-order valence-electron chi connectivity index (χ4n) is 1.64. The second kappa shape index (κ2) is 6.65. The molecule has 0 saturated heterocycles. The first kappa shape index (κ1) is 14.0. The van der Waals surface area contributed by atoms with Gasteiger partial charge in [-0.3, -0.25) is 4.79 Å². The van der Waals surface area contributed by atoms with Gasteiger partial charge < -0.3 is 10.1 Å². The van der Waals surface area contributed by atoms with Gasteiger partial charge >= 0.3 is 0 Å². The maximum absolute atomic E-state index is 12.9. The molecule has 0 aliphatic rings. The highest BCUT2D eigenvalue weighted by atomic mass is 19.1. The second-order valence-corrected chi connectivity index (χ2v) is 4.08. The molecule has 0 atom stereocenters. The van der Waals surface area contributed by atoms with E-state index in [1.165, 1.54) is 0 Å². The third-order valence-electron chi connectivity index (χ3n) is 2.53. The summed E-state index contributed by atoms with van der Waals surface area (Å²) in [5.74, 6) is -1.53. The zero-order chi connectivity index (χ0) is 14.4. The summed E-state index contributed by atoms with van der Waals surface area (Å²) in [6, 6.07) is 11.7. The lowest BCUT2D eigenvalue weighted by Gasteiger charge is -2.08. The Bertz CT molecular complexity index is 567. The van der Waals surface area contributed by atoms with E-state index in [0.29, 0.717) is 5.56 Å². The molecular formula is C15H13F2NO2. The molecule has 0 bridgehead atoms. The third-order valence-corrected chi connectivity index (χ3v) is 2.53. The lowest BCUT2D eigenvalue weighted by molar-refractivity contribution is 0.0947. The first-order valence-corrected chi connectivity index (χ1v) is 6.07. The molecule has 0 spiro atoms. The zero-order valence-electron chi connectivity index (χ0n) is 10.6. The molecule has 0 aromatic heterocycles. The van der Waals surface area contributed by atoms with Crippen LogP contribution in [0.3, 0.4) is 0 Å². The molecule has 0 fully saturated rings. The summed E-state index contributed by atoms with van der Waals surface area (Å²) in [6.07, 6.45) is 0. The van der Waals surface area contributed by atoms with Crippen LogP contribution in [0.25, 0.3) is 0 Å². The van der Waals surface area contributed by atoms with Gasteiger partial charge in [0, 0.05) is 23.8 Å². The van der Waals surface area contributed by atoms with Crippen LogP contribution >= 0.6 is 0 Å². The van der Waals surface area contributed by atoms with E-state index in [2.05, 4.69) is 5.32 Å². The molecule has 2 aromatic rings. The second-order valence-electron chi connectivity index (χ2n) is 4.08. The summed E-state index contributed by atoms with van der Waals surface area (Å²) < 4.78 is 31.0. The molecule has 20 heavy (non-hydrogen) atoms. The van der Waals surface area contributed by atoms with Gasteiger partial charge in [0.05, 0.1) is 6.54 Å². The summed E-state index contributed by atoms with van der Waals surface area (Å²) in [5.41, 5.74) is 0.546. The predicted octanol–water partition coefficient (Wildman–Crippen LogP) is 2.77. The van der Waals surface area contributed by atoms with Gasteiger partial charge in [-0.2, -0.15) is 0 Å². The Balaban J connectivity index is 1.78. The van der Waals surface area contributed by atoms with Gasteiger partial charge in [-0.05, 0) is 12.1 Å². The number of ether oxygens (including phenoxy) is 1. The van der Waals surface area contributed by atoms with Gasteiger partial charge in [-0.1, -0.05) is 18.2 Å². The molecule has 0 radical (unpaired) electrons. The molecule has 1 N–H and O–H groups in total. The molecule has 2 rings (SSSR count). The van der Waals surface area contributed by atoms with Crippen molar-refractivity contribution in [2.45, 2.75) is 0 Å². The molecule has 0 unspecified atom stereocenters.